The molecule has 3 rings (SSSR count). The maximum atomic E-state index is 12.6. The molecule has 0 bridgehead atoms. The van der Waals surface area contributed by atoms with E-state index in [4.69, 9.17) is 18.9 Å². The minimum absolute atomic E-state index is 0.0000122. The number of nitrogens with zero attached hydrogens (tertiary/aromatic N) is 1. The highest BCUT2D eigenvalue weighted by Crippen LogP contribution is 2.40. The first-order valence-corrected chi connectivity index (χ1v) is 10.4. The Kier molecular flexibility index (Phi) is 7.26. The van der Waals surface area contributed by atoms with Crippen LogP contribution in [0.4, 0.5) is 0 Å². The van der Waals surface area contributed by atoms with Crippen LogP contribution in [0.5, 0.6) is 23.0 Å². The maximum Gasteiger partial charge on any atom is 0.260 e. The van der Waals surface area contributed by atoms with Crippen LogP contribution in [0.15, 0.2) is 40.9 Å². The molecule has 160 valence electrons. The fourth-order valence-electron chi connectivity index (χ4n) is 3.40. The lowest BCUT2D eigenvalue weighted by Gasteiger charge is -2.28. The van der Waals surface area contributed by atoms with Crippen molar-refractivity contribution in [3.63, 3.8) is 0 Å². The van der Waals surface area contributed by atoms with Gasteiger partial charge in [-0.1, -0.05) is 12.1 Å². The summed E-state index contributed by atoms with van der Waals surface area (Å²) in [6.07, 6.45) is 2.73. The van der Waals surface area contributed by atoms with E-state index < -0.39 is 0 Å². The van der Waals surface area contributed by atoms with E-state index in [1.54, 1.807) is 26.2 Å². The standard InChI is InChI=1S/C23H26BrNO5/c1-15-5-6-19(18(24)11-15)30-14-22(26)25-9-7-16(8-10-25)23-20(28-3)12-17(27-2)13-21(23)29-4/h5-7,11-13H,8-10,14H2,1-4H3. The van der Waals surface area contributed by atoms with Gasteiger partial charge in [-0.2, -0.15) is 0 Å². The van der Waals surface area contributed by atoms with Gasteiger partial charge in [0, 0.05) is 25.2 Å². The molecule has 1 aliphatic rings. The molecule has 2 aromatic rings. The van der Waals surface area contributed by atoms with Crippen molar-refractivity contribution in [1.82, 2.24) is 4.90 Å². The minimum atomic E-state index is -0.0496. The highest BCUT2D eigenvalue weighted by Gasteiger charge is 2.23. The molecule has 0 fully saturated rings. The molecule has 6 nitrogen and oxygen atoms in total. The summed E-state index contributed by atoms with van der Waals surface area (Å²) in [5.41, 5.74) is 3.10. The van der Waals surface area contributed by atoms with Crippen molar-refractivity contribution in [2.24, 2.45) is 0 Å². The lowest BCUT2D eigenvalue weighted by atomic mass is 9.97. The molecule has 1 aliphatic heterocycles. The van der Waals surface area contributed by atoms with Crippen molar-refractivity contribution < 1.29 is 23.7 Å². The topological polar surface area (TPSA) is 57.2 Å². The van der Waals surface area contributed by atoms with Gasteiger partial charge in [0.2, 0.25) is 0 Å². The molecular formula is C23H26BrNO5. The van der Waals surface area contributed by atoms with Crippen molar-refractivity contribution >= 4 is 27.4 Å². The van der Waals surface area contributed by atoms with Crippen molar-refractivity contribution in [1.29, 1.82) is 0 Å². The third-order valence-corrected chi connectivity index (χ3v) is 5.66. The Hall–Kier alpha value is -2.67. The first kappa shape index (κ1) is 22.0. The second kappa shape index (κ2) is 9.89. The predicted octanol–water partition coefficient (Wildman–Crippen LogP) is 4.48. The molecule has 0 unspecified atom stereocenters. The van der Waals surface area contributed by atoms with Gasteiger partial charge in [-0.3, -0.25) is 4.79 Å². The molecule has 0 saturated heterocycles. The summed E-state index contributed by atoms with van der Waals surface area (Å²) >= 11 is 3.47. The number of carbonyl (C=O) groups excluding carboxylic acids is 1. The van der Waals surface area contributed by atoms with Gasteiger partial charge in [-0.15, -0.1) is 0 Å². The lowest BCUT2D eigenvalue weighted by Crippen LogP contribution is -2.37. The normalized spacial score (nSPS) is 13.5. The van der Waals surface area contributed by atoms with E-state index in [9.17, 15) is 4.79 Å². The van der Waals surface area contributed by atoms with Crippen molar-refractivity contribution in [2.45, 2.75) is 13.3 Å². The summed E-state index contributed by atoms with van der Waals surface area (Å²) in [6.45, 7) is 3.11. The van der Waals surface area contributed by atoms with Gasteiger partial charge in [0.1, 0.15) is 23.0 Å². The van der Waals surface area contributed by atoms with Crippen LogP contribution in [0.2, 0.25) is 0 Å². The maximum absolute atomic E-state index is 12.6. The van der Waals surface area contributed by atoms with Crippen LogP contribution in [-0.4, -0.2) is 51.8 Å². The van der Waals surface area contributed by atoms with Crippen LogP contribution in [0.1, 0.15) is 17.5 Å². The summed E-state index contributed by atoms with van der Waals surface area (Å²) in [4.78, 5) is 14.4. The molecule has 2 aromatic carbocycles. The predicted molar refractivity (Wildman–Crippen MR) is 120 cm³/mol. The molecule has 1 heterocycles. The molecule has 0 spiro atoms. The van der Waals surface area contributed by atoms with Crippen molar-refractivity contribution in [2.75, 3.05) is 41.0 Å². The molecule has 1 amide bonds. The van der Waals surface area contributed by atoms with E-state index in [1.807, 2.05) is 43.3 Å². The second-order valence-electron chi connectivity index (χ2n) is 6.95. The number of amides is 1. The van der Waals surface area contributed by atoms with E-state index in [1.165, 1.54) is 0 Å². The molecular weight excluding hydrogens is 450 g/mol. The van der Waals surface area contributed by atoms with Crippen LogP contribution in [0, 0.1) is 6.92 Å². The van der Waals surface area contributed by atoms with Gasteiger partial charge >= 0.3 is 0 Å². The molecule has 0 N–H and O–H groups in total. The Morgan fingerprint density at radius 2 is 1.73 bits per heavy atom. The lowest BCUT2D eigenvalue weighted by molar-refractivity contribution is -0.132. The van der Waals surface area contributed by atoms with E-state index in [2.05, 4.69) is 15.9 Å². The number of hydrogen-bond donors (Lipinski definition) is 0. The van der Waals surface area contributed by atoms with Gasteiger partial charge in [0.15, 0.2) is 6.61 Å². The van der Waals surface area contributed by atoms with Crippen LogP contribution < -0.4 is 18.9 Å². The third-order valence-electron chi connectivity index (χ3n) is 5.04. The number of carbonyl (C=O) groups is 1. The third kappa shape index (κ3) is 4.90. The van der Waals surface area contributed by atoms with E-state index in [0.717, 1.165) is 21.2 Å². The zero-order chi connectivity index (χ0) is 21.7. The fraction of sp³-hybridized carbons (Fsp3) is 0.348. The number of ether oxygens (including phenoxy) is 4. The van der Waals surface area contributed by atoms with Crippen molar-refractivity contribution in [3.05, 3.63) is 52.0 Å². The van der Waals surface area contributed by atoms with Gasteiger partial charge in [-0.05, 0) is 52.5 Å². The Bertz CT molecular complexity index is 932. The average Bonchev–Trinajstić information content (AvgIpc) is 2.77. The van der Waals surface area contributed by atoms with E-state index >= 15 is 0 Å². The molecule has 0 aromatic heterocycles. The molecule has 0 aliphatic carbocycles. The Balaban J connectivity index is 1.70. The quantitative estimate of drug-likeness (QED) is 0.590. The number of halogens is 1. The number of aryl methyl sites for hydroxylation is 1. The van der Waals surface area contributed by atoms with E-state index in [0.29, 0.717) is 42.5 Å². The van der Waals surface area contributed by atoms with Gasteiger partial charge in [0.05, 0.1) is 31.4 Å². The van der Waals surface area contributed by atoms with Gasteiger partial charge in [0.25, 0.3) is 5.91 Å². The minimum Gasteiger partial charge on any atom is -0.496 e. The van der Waals surface area contributed by atoms with Crippen LogP contribution >= 0.6 is 15.9 Å². The van der Waals surface area contributed by atoms with Crippen LogP contribution in [-0.2, 0) is 4.79 Å². The number of methoxy groups -OCH3 is 3. The number of rotatable bonds is 7. The molecule has 0 saturated carbocycles. The highest BCUT2D eigenvalue weighted by atomic mass is 79.9. The molecule has 30 heavy (non-hydrogen) atoms. The first-order valence-electron chi connectivity index (χ1n) is 9.63. The summed E-state index contributed by atoms with van der Waals surface area (Å²) in [5.74, 6) is 2.65. The summed E-state index contributed by atoms with van der Waals surface area (Å²) in [5, 5.41) is 0. The van der Waals surface area contributed by atoms with Crippen molar-refractivity contribution in [3.8, 4) is 23.0 Å². The highest BCUT2D eigenvalue weighted by molar-refractivity contribution is 9.10. The summed E-state index contributed by atoms with van der Waals surface area (Å²) in [7, 11) is 4.85. The largest absolute Gasteiger partial charge is 0.496 e. The smallest absolute Gasteiger partial charge is 0.260 e. The summed E-state index contributed by atoms with van der Waals surface area (Å²) < 4.78 is 23.0. The number of hydrogen-bond acceptors (Lipinski definition) is 5. The average molecular weight is 476 g/mol. The van der Waals surface area contributed by atoms with Crippen LogP contribution in [0.25, 0.3) is 5.57 Å². The Labute approximate surface area is 185 Å². The second-order valence-corrected chi connectivity index (χ2v) is 7.80. The van der Waals surface area contributed by atoms with Crippen LogP contribution in [0.3, 0.4) is 0 Å². The molecule has 7 heteroatoms. The zero-order valence-electron chi connectivity index (χ0n) is 17.7. The SMILES string of the molecule is COc1cc(OC)c(C2=CCN(C(=O)COc3ccc(C)cc3Br)CC2)c(OC)c1. The Morgan fingerprint density at radius 3 is 2.27 bits per heavy atom. The van der Waals surface area contributed by atoms with E-state index in [-0.39, 0.29) is 12.5 Å². The summed E-state index contributed by atoms with van der Waals surface area (Å²) in [6, 6.07) is 9.46. The van der Waals surface area contributed by atoms with Gasteiger partial charge < -0.3 is 23.8 Å². The van der Waals surface area contributed by atoms with Gasteiger partial charge in [-0.25, -0.2) is 0 Å². The Morgan fingerprint density at radius 1 is 1.03 bits per heavy atom. The zero-order valence-corrected chi connectivity index (χ0v) is 19.2. The monoisotopic (exact) mass is 475 g/mol. The fourth-order valence-corrected chi connectivity index (χ4v) is 4.01. The first-order chi connectivity index (χ1) is 14.5. The molecule has 0 radical (unpaired) electrons. The molecule has 0 atom stereocenters. The number of benzene rings is 2.